The quantitative estimate of drug-likeness (QED) is 0.277. The fourth-order valence-electron chi connectivity index (χ4n) is 5.52. The van der Waals surface area contributed by atoms with E-state index in [1.165, 1.54) is 17.0 Å². The highest BCUT2D eigenvalue weighted by Gasteiger charge is 2.57. The fourth-order valence-corrected chi connectivity index (χ4v) is 5.52. The molecule has 3 aromatic carbocycles. The number of rotatable bonds is 8. The van der Waals surface area contributed by atoms with E-state index in [0.717, 1.165) is 19.3 Å². The normalized spacial score (nSPS) is 19.6. The smallest absolute Gasteiger partial charge is 0.247 e. The first-order chi connectivity index (χ1) is 19.9. The second-order valence-corrected chi connectivity index (χ2v) is 11.1. The molecule has 1 atom stereocenters. The van der Waals surface area contributed by atoms with Crippen molar-refractivity contribution in [3.63, 3.8) is 0 Å². The van der Waals surface area contributed by atoms with Gasteiger partial charge < -0.3 is 19.9 Å². The molecule has 7 rings (SSSR count). The van der Waals surface area contributed by atoms with E-state index >= 15 is 4.39 Å². The fraction of sp³-hybridized carbons (Fsp3) is 0.281. The molecule has 9 heteroatoms. The van der Waals surface area contributed by atoms with E-state index in [1.807, 2.05) is 24.3 Å². The van der Waals surface area contributed by atoms with Gasteiger partial charge in [0, 0.05) is 35.8 Å². The van der Waals surface area contributed by atoms with Gasteiger partial charge in [0.05, 0.1) is 23.4 Å². The van der Waals surface area contributed by atoms with Gasteiger partial charge in [0.2, 0.25) is 11.8 Å². The molecule has 4 aromatic rings. The Bertz CT molecular complexity index is 1670. The van der Waals surface area contributed by atoms with E-state index in [0.29, 0.717) is 47.5 Å². The van der Waals surface area contributed by atoms with Crippen LogP contribution < -0.4 is 20.1 Å². The Balaban J connectivity index is 1.14. The highest BCUT2D eigenvalue weighted by atomic mass is 19.1. The maximum Gasteiger partial charge on any atom is 0.247 e. The summed E-state index contributed by atoms with van der Waals surface area (Å²) in [4.78, 5) is 31.4. The maximum absolute atomic E-state index is 15.5. The number of nitrogens with zero attached hydrogens (tertiary/aromatic N) is 2. The Morgan fingerprint density at radius 1 is 0.951 bits per heavy atom. The van der Waals surface area contributed by atoms with E-state index in [4.69, 9.17) is 19.9 Å². The van der Waals surface area contributed by atoms with Crippen molar-refractivity contribution in [2.75, 3.05) is 11.5 Å². The number of para-hydroxylation sites is 1. The van der Waals surface area contributed by atoms with Crippen LogP contribution in [-0.4, -0.2) is 35.1 Å². The van der Waals surface area contributed by atoms with Gasteiger partial charge in [-0.15, -0.1) is 0 Å². The average Bonchev–Trinajstić information content (AvgIpc) is 3.89. The summed E-state index contributed by atoms with van der Waals surface area (Å²) in [6.07, 6.45) is 5.44. The van der Waals surface area contributed by atoms with Gasteiger partial charge in [0.15, 0.2) is 11.6 Å². The number of anilines is 2. The topological polar surface area (TPSA) is 104 Å². The maximum atomic E-state index is 15.5. The predicted molar refractivity (Wildman–Crippen MR) is 150 cm³/mol. The van der Waals surface area contributed by atoms with Crippen molar-refractivity contribution >= 4 is 34.1 Å². The van der Waals surface area contributed by atoms with Crippen LogP contribution in [0.3, 0.4) is 0 Å². The predicted octanol–water partition coefficient (Wildman–Crippen LogP) is 5.80. The largest absolute Gasteiger partial charge is 0.488 e. The van der Waals surface area contributed by atoms with Crippen LogP contribution in [0.4, 0.5) is 15.8 Å². The first-order valence-corrected chi connectivity index (χ1v) is 13.7. The van der Waals surface area contributed by atoms with Crippen LogP contribution >= 0.6 is 0 Å². The lowest BCUT2D eigenvalue weighted by molar-refractivity contribution is -0.133. The summed E-state index contributed by atoms with van der Waals surface area (Å²) in [5.74, 6) is -0.712. The molecule has 1 aromatic heterocycles. The van der Waals surface area contributed by atoms with Gasteiger partial charge in [-0.3, -0.25) is 19.5 Å². The molecule has 0 bridgehead atoms. The van der Waals surface area contributed by atoms with Crippen LogP contribution in [0.1, 0.15) is 32.1 Å². The van der Waals surface area contributed by atoms with E-state index in [9.17, 15) is 9.59 Å². The first-order valence-electron chi connectivity index (χ1n) is 13.7. The zero-order chi connectivity index (χ0) is 28.2. The Hall–Kier alpha value is -4.50. The van der Waals surface area contributed by atoms with Gasteiger partial charge in [0.25, 0.3) is 0 Å². The number of halogens is 1. The number of fused-ring (bicyclic) bond motifs is 1. The van der Waals surface area contributed by atoms with Gasteiger partial charge in [-0.25, -0.2) is 4.39 Å². The third-order valence-corrected chi connectivity index (χ3v) is 8.20. The molecular formula is C32H28FN3O5. The van der Waals surface area contributed by atoms with Crippen molar-refractivity contribution in [3.05, 3.63) is 84.8 Å². The minimum Gasteiger partial charge on any atom is -0.488 e. The minimum absolute atomic E-state index is 0.0158. The van der Waals surface area contributed by atoms with Crippen LogP contribution in [0, 0.1) is 11.2 Å². The molecule has 1 unspecified atom stereocenters. The molecular weight excluding hydrogens is 525 g/mol. The van der Waals surface area contributed by atoms with E-state index in [-0.39, 0.29) is 23.1 Å². The number of ether oxygens (including phenoxy) is 3. The molecule has 0 radical (unpaired) electrons. The summed E-state index contributed by atoms with van der Waals surface area (Å²) in [5, 5.41) is 0.697. The zero-order valence-electron chi connectivity index (χ0n) is 22.2. The number of hydrogen-bond donors (Lipinski definition) is 1. The zero-order valence-corrected chi connectivity index (χ0v) is 22.2. The van der Waals surface area contributed by atoms with E-state index in [1.54, 1.807) is 42.6 Å². The third-order valence-electron chi connectivity index (χ3n) is 8.20. The molecule has 208 valence electrons. The van der Waals surface area contributed by atoms with Crippen LogP contribution in [0.5, 0.6) is 17.2 Å². The number of carbonyl (C=O) groups is 2. The van der Waals surface area contributed by atoms with Gasteiger partial charge in [0.1, 0.15) is 23.0 Å². The van der Waals surface area contributed by atoms with Crippen molar-refractivity contribution in [3.8, 4) is 17.2 Å². The van der Waals surface area contributed by atoms with Crippen LogP contribution in [0.2, 0.25) is 0 Å². The summed E-state index contributed by atoms with van der Waals surface area (Å²) >= 11 is 0. The SMILES string of the molecule is NC(=O)C1(C(=O)N(c2ccccc2)c2ccc(Oc3ccnc4cc(OC5COC6(CC6)C5)ccc34)c(F)c2)CC1. The molecule has 1 spiro atoms. The second-order valence-electron chi connectivity index (χ2n) is 11.1. The second kappa shape index (κ2) is 9.55. The number of hydrogen-bond acceptors (Lipinski definition) is 6. The van der Waals surface area contributed by atoms with Crippen LogP contribution in [-0.2, 0) is 14.3 Å². The number of amides is 2. The number of aromatic nitrogens is 1. The third kappa shape index (κ3) is 4.66. The summed E-state index contributed by atoms with van der Waals surface area (Å²) in [6, 6.07) is 20.3. The van der Waals surface area contributed by atoms with Crippen molar-refractivity contribution in [2.24, 2.45) is 11.1 Å². The molecule has 1 saturated heterocycles. The Kier molecular flexibility index (Phi) is 5.93. The highest BCUT2D eigenvalue weighted by Crippen LogP contribution is 2.50. The molecule has 2 saturated carbocycles. The minimum atomic E-state index is -1.27. The lowest BCUT2D eigenvalue weighted by Gasteiger charge is -2.26. The van der Waals surface area contributed by atoms with E-state index < -0.39 is 23.0 Å². The first kappa shape index (κ1) is 25.5. The van der Waals surface area contributed by atoms with Crippen molar-refractivity contribution in [1.82, 2.24) is 4.98 Å². The van der Waals surface area contributed by atoms with Gasteiger partial charge >= 0.3 is 0 Å². The van der Waals surface area contributed by atoms with Crippen LogP contribution in [0.15, 0.2) is 79.0 Å². The number of carbonyl (C=O) groups excluding carboxylic acids is 2. The standard InChI is InChI=1S/C32H28FN3O5/c33-25-16-21(36(20-4-2-1-3-5-20)30(38)32(13-14-32)29(34)37)6-9-28(25)41-27-10-15-35-26-17-22(7-8-24(26)27)40-23-18-31(11-12-31)39-19-23/h1-10,15-17,23H,11-14,18-19H2,(H2,34,37). The van der Waals surface area contributed by atoms with E-state index in [2.05, 4.69) is 4.98 Å². The molecule has 2 aliphatic carbocycles. The molecule has 41 heavy (non-hydrogen) atoms. The number of benzene rings is 3. The lowest BCUT2D eigenvalue weighted by atomic mass is 10.0. The summed E-state index contributed by atoms with van der Waals surface area (Å²) in [5.41, 5.74) is 5.76. The summed E-state index contributed by atoms with van der Waals surface area (Å²) in [6.45, 7) is 0.584. The number of primary amides is 1. The molecule has 2 amide bonds. The van der Waals surface area contributed by atoms with Crippen molar-refractivity contribution in [2.45, 2.75) is 43.8 Å². The Morgan fingerprint density at radius 3 is 2.44 bits per heavy atom. The van der Waals surface area contributed by atoms with Gasteiger partial charge in [-0.05, 0) is 68.1 Å². The highest BCUT2D eigenvalue weighted by molar-refractivity contribution is 6.16. The van der Waals surface area contributed by atoms with Crippen LogP contribution in [0.25, 0.3) is 10.9 Å². The molecule has 8 nitrogen and oxygen atoms in total. The summed E-state index contributed by atoms with van der Waals surface area (Å²) < 4.78 is 33.5. The van der Waals surface area contributed by atoms with Gasteiger partial charge in [-0.2, -0.15) is 0 Å². The molecule has 3 fully saturated rings. The Morgan fingerprint density at radius 2 is 1.76 bits per heavy atom. The molecule has 2 heterocycles. The van der Waals surface area contributed by atoms with Crippen molar-refractivity contribution < 1.29 is 28.2 Å². The van der Waals surface area contributed by atoms with Crippen molar-refractivity contribution in [1.29, 1.82) is 0 Å². The number of pyridine rings is 1. The molecule has 1 aliphatic heterocycles. The van der Waals surface area contributed by atoms with Gasteiger partial charge in [-0.1, -0.05) is 18.2 Å². The summed E-state index contributed by atoms with van der Waals surface area (Å²) in [7, 11) is 0. The number of nitrogens with two attached hydrogens (primary N) is 1. The molecule has 3 aliphatic rings. The monoisotopic (exact) mass is 553 g/mol. The lowest BCUT2D eigenvalue weighted by Crippen LogP contribution is -2.41. The molecule has 2 N–H and O–H groups in total. The Labute approximate surface area is 235 Å². The average molecular weight is 554 g/mol.